The maximum Gasteiger partial charge on any atom is 0.342 e. The van der Waals surface area contributed by atoms with E-state index >= 15 is 0 Å². The fourth-order valence-electron chi connectivity index (χ4n) is 2.95. The van der Waals surface area contributed by atoms with Gasteiger partial charge in [-0.1, -0.05) is 24.3 Å². The smallest absolute Gasteiger partial charge is 0.342 e. The summed E-state index contributed by atoms with van der Waals surface area (Å²) in [5.74, 6) is -0.930. The lowest BCUT2D eigenvalue weighted by atomic mass is 10.1. The number of rotatable bonds is 3. The van der Waals surface area contributed by atoms with E-state index in [1.165, 1.54) is 24.3 Å². The number of fused-ring (bicyclic) bond motifs is 2. The maximum atomic E-state index is 12.4. The van der Waals surface area contributed by atoms with Crippen LogP contribution < -0.4 is 5.63 Å². The molecule has 0 aliphatic rings. The van der Waals surface area contributed by atoms with Gasteiger partial charge >= 0.3 is 11.6 Å². The number of benzene rings is 3. The van der Waals surface area contributed by atoms with Crippen molar-refractivity contribution < 1.29 is 24.2 Å². The lowest BCUT2D eigenvalue weighted by Crippen LogP contribution is -2.08. The predicted octanol–water partition coefficient (Wildman–Crippen LogP) is 3.71. The molecule has 0 bridgehead atoms. The number of phenols is 2. The van der Waals surface area contributed by atoms with Crippen molar-refractivity contribution in [2.45, 2.75) is 6.61 Å². The number of phenolic OH excluding ortho intramolecular Hbond substituents is 2. The van der Waals surface area contributed by atoms with Crippen LogP contribution in [0.1, 0.15) is 15.9 Å². The Morgan fingerprint density at radius 3 is 2.48 bits per heavy atom. The molecule has 0 amide bonds. The molecule has 0 aliphatic carbocycles. The van der Waals surface area contributed by atoms with Gasteiger partial charge in [-0.05, 0) is 35.0 Å². The number of hydrogen-bond donors (Lipinski definition) is 2. The van der Waals surface area contributed by atoms with Gasteiger partial charge in [-0.15, -0.1) is 0 Å². The minimum atomic E-state index is -0.710. The molecular formula is C21H14O6. The summed E-state index contributed by atoms with van der Waals surface area (Å²) in [7, 11) is 0. The van der Waals surface area contributed by atoms with Crippen LogP contribution in [0.3, 0.4) is 0 Å². The second-order valence-electron chi connectivity index (χ2n) is 6.06. The Hall–Kier alpha value is -3.80. The van der Waals surface area contributed by atoms with Gasteiger partial charge in [0.05, 0.1) is 0 Å². The molecule has 0 saturated carbocycles. The molecule has 0 radical (unpaired) electrons. The number of aromatic hydroxyl groups is 2. The van der Waals surface area contributed by atoms with Crippen LogP contribution in [0.25, 0.3) is 21.7 Å². The van der Waals surface area contributed by atoms with E-state index < -0.39 is 11.6 Å². The molecule has 1 heterocycles. The summed E-state index contributed by atoms with van der Waals surface area (Å²) in [6.45, 7) is -0.183. The molecule has 0 atom stereocenters. The second-order valence-corrected chi connectivity index (χ2v) is 6.06. The first-order valence-corrected chi connectivity index (χ1v) is 8.16. The molecule has 0 aliphatic heterocycles. The highest BCUT2D eigenvalue weighted by Crippen LogP contribution is 2.27. The van der Waals surface area contributed by atoms with Crippen molar-refractivity contribution in [1.82, 2.24) is 0 Å². The Labute approximate surface area is 152 Å². The van der Waals surface area contributed by atoms with Gasteiger partial charge in [0, 0.05) is 23.1 Å². The van der Waals surface area contributed by atoms with Crippen molar-refractivity contribution in [2.24, 2.45) is 0 Å². The molecule has 0 spiro atoms. The summed E-state index contributed by atoms with van der Waals surface area (Å²) in [5.41, 5.74) is 0.0586. The van der Waals surface area contributed by atoms with E-state index in [0.29, 0.717) is 10.9 Å². The van der Waals surface area contributed by atoms with Crippen LogP contribution in [0, 0.1) is 0 Å². The molecule has 4 aromatic rings. The average Bonchev–Trinajstić information content (AvgIpc) is 2.64. The predicted molar refractivity (Wildman–Crippen MR) is 98.9 cm³/mol. The fourth-order valence-corrected chi connectivity index (χ4v) is 2.95. The molecule has 6 heteroatoms. The highest BCUT2D eigenvalue weighted by atomic mass is 16.5. The number of hydrogen-bond acceptors (Lipinski definition) is 6. The van der Waals surface area contributed by atoms with E-state index in [2.05, 4.69) is 0 Å². The first-order chi connectivity index (χ1) is 13.0. The SMILES string of the molecule is O=C(OCc1cc(=O)oc2cc(O)ccc12)c1cc2ccccc2cc1O. The molecule has 1 aromatic heterocycles. The summed E-state index contributed by atoms with van der Waals surface area (Å²) < 4.78 is 10.3. The van der Waals surface area contributed by atoms with E-state index in [4.69, 9.17) is 9.15 Å². The largest absolute Gasteiger partial charge is 0.508 e. The number of ether oxygens (including phenoxy) is 1. The van der Waals surface area contributed by atoms with E-state index in [0.717, 1.165) is 10.8 Å². The van der Waals surface area contributed by atoms with Gasteiger partial charge in [-0.2, -0.15) is 0 Å². The summed E-state index contributed by atoms with van der Waals surface area (Å²) in [6.07, 6.45) is 0. The van der Waals surface area contributed by atoms with Crippen LogP contribution in [-0.4, -0.2) is 16.2 Å². The standard InChI is InChI=1S/C21H14O6/c22-15-5-6-16-14(9-20(24)27-19(16)10-15)11-26-21(25)17-7-12-3-1-2-4-13(12)8-18(17)23/h1-10,22-23H,11H2. The van der Waals surface area contributed by atoms with Crippen molar-refractivity contribution in [2.75, 3.05) is 0 Å². The van der Waals surface area contributed by atoms with E-state index in [-0.39, 0.29) is 29.3 Å². The molecule has 2 N–H and O–H groups in total. The lowest BCUT2D eigenvalue weighted by Gasteiger charge is -2.09. The van der Waals surface area contributed by atoms with Crippen LogP contribution >= 0.6 is 0 Å². The first-order valence-electron chi connectivity index (χ1n) is 8.16. The second kappa shape index (κ2) is 6.49. The zero-order valence-electron chi connectivity index (χ0n) is 14.0. The van der Waals surface area contributed by atoms with Gasteiger partial charge < -0.3 is 19.4 Å². The zero-order valence-corrected chi connectivity index (χ0v) is 14.0. The summed E-state index contributed by atoms with van der Waals surface area (Å²) in [6, 6.07) is 16.0. The van der Waals surface area contributed by atoms with Crippen molar-refractivity contribution >= 4 is 27.7 Å². The van der Waals surface area contributed by atoms with Gasteiger partial charge in [0.2, 0.25) is 0 Å². The highest BCUT2D eigenvalue weighted by molar-refractivity contribution is 5.98. The summed E-state index contributed by atoms with van der Waals surface area (Å²) >= 11 is 0. The molecule has 0 saturated heterocycles. The number of carbonyl (C=O) groups excluding carboxylic acids is 1. The molecule has 4 rings (SSSR count). The Morgan fingerprint density at radius 2 is 1.70 bits per heavy atom. The third-order valence-corrected chi connectivity index (χ3v) is 4.26. The molecule has 6 nitrogen and oxygen atoms in total. The van der Waals surface area contributed by atoms with Crippen molar-refractivity contribution in [3.8, 4) is 11.5 Å². The molecular weight excluding hydrogens is 348 g/mol. The fraction of sp³-hybridized carbons (Fsp3) is 0.0476. The van der Waals surface area contributed by atoms with E-state index in [1.54, 1.807) is 12.1 Å². The van der Waals surface area contributed by atoms with Gasteiger partial charge in [-0.25, -0.2) is 9.59 Å². The van der Waals surface area contributed by atoms with Crippen LogP contribution in [0.2, 0.25) is 0 Å². The van der Waals surface area contributed by atoms with Crippen molar-refractivity contribution in [3.05, 3.63) is 82.2 Å². The normalized spacial score (nSPS) is 11.0. The number of carbonyl (C=O) groups is 1. The summed E-state index contributed by atoms with van der Waals surface area (Å²) in [5, 5.41) is 21.8. The van der Waals surface area contributed by atoms with Crippen LogP contribution in [-0.2, 0) is 11.3 Å². The Balaban J connectivity index is 1.64. The minimum absolute atomic E-state index is 0.0404. The van der Waals surface area contributed by atoms with Gasteiger partial charge in [0.15, 0.2) is 0 Å². The maximum absolute atomic E-state index is 12.4. The average molecular weight is 362 g/mol. The van der Waals surface area contributed by atoms with Crippen molar-refractivity contribution in [3.63, 3.8) is 0 Å². The van der Waals surface area contributed by atoms with Gasteiger partial charge in [0.25, 0.3) is 0 Å². The van der Waals surface area contributed by atoms with Crippen molar-refractivity contribution in [1.29, 1.82) is 0 Å². The molecule has 3 aromatic carbocycles. The molecule has 0 unspecified atom stereocenters. The molecule has 134 valence electrons. The highest BCUT2D eigenvalue weighted by Gasteiger charge is 2.15. The quantitative estimate of drug-likeness (QED) is 0.426. The Kier molecular flexibility index (Phi) is 4.01. The number of esters is 1. The third kappa shape index (κ3) is 3.20. The lowest BCUT2D eigenvalue weighted by molar-refractivity contribution is 0.0470. The van der Waals surface area contributed by atoms with Gasteiger partial charge in [0.1, 0.15) is 29.3 Å². The van der Waals surface area contributed by atoms with Crippen LogP contribution in [0.5, 0.6) is 11.5 Å². The zero-order chi connectivity index (χ0) is 19.0. The topological polar surface area (TPSA) is 97.0 Å². The van der Waals surface area contributed by atoms with E-state index in [1.807, 2.05) is 24.3 Å². The third-order valence-electron chi connectivity index (χ3n) is 4.26. The first kappa shape index (κ1) is 16.7. The molecule has 27 heavy (non-hydrogen) atoms. The van der Waals surface area contributed by atoms with E-state index in [9.17, 15) is 19.8 Å². The van der Waals surface area contributed by atoms with Crippen LogP contribution in [0.4, 0.5) is 0 Å². The van der Waals surface area contributed by atoms with Gasteiger partial charge in [-0.3, -0.25) is 0 Å². The van der Waals surface area contributed by atoms with Crippen LogP contribution in [0.15, 0.2) is 69.9 Å². The monoisotopic (exact) mass is 362 g/mol. The summed E-state index contributed by atoms with van der Waals surface area (Å²) in [4.78, 5) is 24.1. The minimum Gasteiger partial charge on any atom is -0.508 e. The Bertz CT molecular complexity index is 1240. The Morgan fingerprint density at radius 1 is 0.963 bits per heavy atom. The molecule has 0 fully saturated rings.